The maximum absolute atomic E-state index is 12.2. The summed E-state index contributed by atoms with van der Waals surface area (Å²) in [6.07, 6.45) is -0.150. The van der Waals surface area contributed by atoms with Crippen LogP contribution in [0.15, 0.2) is 17.0 Å². The van der Waals surface area contributed by atoms with Gasteiger partial charge in [0.2, 0.25) is 10.0 Å². The van der Waals surface area contributed by atoms with E-state index < -0.39 is 16.1 Å². The average Bonchev–Trinajstić information content (AvgIpc) is 2.30. The number of anilines is 1. The van der Waals surface area contributed by atoms with Gasteiger partial charge in [-0.1, -0.05) is 13.8 Å². The largest absolute Gasteiger partial charge is 0.398 e. The van der Waals surface area contributed by atoms with E-state index in [2.05, 4.69) is 4.72 Å². The summed E-state index contributed by atoms with van der Waals surface area (Å²) >= 11 is 0. The predicted molar refractivity (Wildman–Crippen MR) is 81.0 cm³/mol. The first-order valence-corrected chi connectivity index (χ1v) is 8.16. The van der Waals surface area contributed by atoms with Gasteiger partial charge in [-0.15, -0.1) is 0 Å². The Balaban J connectivity index is 2.87. The quantitative estimate of drug-likeness (QED) is 0.695. The lowest BCUT2D eigenvalue weighted by Gasteiger charge is -2.15. The normalized spacial score (nSPS) is 13.7. The standard InChI is InChI=1S/C14H24N2O3S/c1-9(2)5-12(17)8-16-20(18,19)14-7-11(4)10(3)6-13(14)15/h6-7,9,12,16-17H,5,8,15H2,1-4H3. The summed E-state index contributed by atoms with van der Waals surface area (Å²) in [5.74, 6) is 0.307. The number of nitrogens with one attached hydrogen (secondary N) is 1. The van der Waals surface area contributed by atoms with Crippen molar-refractivity contribution in [2.45, 2.75) is 45.1 Å². The monoisotopic (exact) mass is 300 g/mol. The van der Waals surface area contributed by atoms with Gasteiger partial charge in [0.05, 0.1) is 11.8 Å². The van der Waals surface area contributed by atoms with Crippen LogP contribution in [-0.4, -0.2) is 26.2 Å². The van der Waals surface area contributed by atoms with Gasteiger partial charge in [-0.2, -0.15) is 0 Å². The Hall–Kier alpha value is -1.11. The van der Waals surface area contributed by atoms with Gasteiger partial charge in [-0.05, 0) is 49.4 Å². The second kappa shape index (κ2) is 6.56. The molecule has 5 nitrogen and oxygen atoms in total. The molecule has 1 aromatic carbocycles. The summed E-state index contributed by atoms with van der Waals surface area (Å²) in [6.45, 7) is 7.65. The molecule has 0 heterocycles. The smallest absolute Gasteiger partial charge is 0.242 e. The molecule has 0 spiro atoms. The summed E-state index contributed by atoms with van der Waals surface area (Å²) in [6, 6.07) is 3.20. The molecule has 1 unspecified atom stereocenters. The number of nitrogens with two attached hydrogens (primary N) is 1. The molecule has 114 valence electrons. The van der Waals surface area contributed by atoms with Crippen molar-refractivity contribution in [1.29, 1.82) is 0 Å². The first-order valence-electron chi connectivity index (χ1n) is 6.68. The third-order valence-corrected chi connectivity index (χ3v) is 4.65. The van der Waals surface area contributed by atoms with Crippen molar-refractivity contribution in [2.24, 2.45) is 5.92 Å². The molecule has 1 aromatic rings. The van der Waals surface area contributed by atoms with Crippen LogP contribution in [0.2, 0.25) is 0 Å². The maximum atomic E-state index is 12.2. The van der Waals surface area contributed by atoms with Gasteiger partial charge < -0.3 is 10.8 Å². The van der Waals surface area contributed by atoms with Crippen LogP contribution in [0.3, 0.4) is 0 Å². The number of hydrogen-bond acceptors (Lipinski definition) is 4. The Labute approximate surface area is 121 Å². The molecule has 0 aliphatic carbocycles. The van der Waals surface area contributed by atoms with Crippen molar-refractivity contribution in [3.05, 3.63) is 23.3 Å². The van der Waals surface area contributed by atoms with Gasteiger partial charge in [0.25, 0.3) is 0 Å². The van der Waals surface area contributed by atoms with Gasteiger partial charge in [0, 0.05) is 6.54 Å². The summed E-state index contributed by atoms with van der Waals surface area (Å²) in [5.41, 5.74) is 7.81. The minimum Gasteiger partial charge on any atom is -0.398 e. The number of sulfonamides is 1. The average molecular weight is 300 g/mol. The minimum atomic E-state index is -3.70. The number of nitrogen functional groups attached to an aromatic ring is 1. The summed E-state index contributed by atoms with van der Waals surface area (Å²) in [5, 5.41) is 9.74. The predicted octanol–water partition coefficient (Wildman–Crippen LogP) is 1.57. The van der Waals surface area contributed by atoms with Crippen LogP contribution in [0.4, 0.5) is 5.69 Å². The van der Waals surface area contributed by atoms with Crippen LogP contribution >= 0.6 is 0 Å². The maximum Gasteiger partial charge on any atom is 0.242 e. The fraction of sp³-hybridized carbons (Fsp3) is 0.571. The van der Waals surface area contributed by atoms with E-state index in [1.807, 2.05) is 27.7 Å². The third kappa shape index (κ3) is 4.47. The van der Waals surface area contributed by atoms with Gasteiger partial charge in [-0.3, -0.25) is 0 Å². The SMILES string of the molecule is Cc1cc(N)c(S(=O)(=O)NCC(O)CC(C)C)cc1C. The molecule has 6 heteroatoms. The lowest BCUT2D eigenvalue weighted by atomic mass is 10.1. The lowest BCUT2D eigenvalue weighted by Crippen LogP contribution is -2.33. The lowest BCUT2D eigenvalue weighted by molar-refractivity contribution is 0.152. The number of aryl methyl sites for hydroxylation is 2. The zero-order valence-corrected chi connectivity index (χ0v) is 13.3. The van der Waals surface area contributed by atoms with Crippen LogP contribution < -0.4 is 10.5 Å². The summed E-state index contributed by atoms with van der Waals surface area (Å²) < 4.78 is 26.8. The molecule has 0 aliphatic rings. The molecule has 0 aliphatic heterocycles. The second-order valence-electron chi connectivity index (χ2n) is 5.61. The first-order chi connectivity index (χ1) is 9.13. The van der Waals surface area contributed by atoms with Crippen LogP contribution in [-0.2, 0) is 10.0 Å². The number of aliphatic hydroxyl groups is 1. The van der Waals surface area contributed by atoms with Crippen molar-refractivity contribution < 1.29 is 13.5 Å². The highest BCUT2D eigenvalue weighted by Gasteiger charge is 2.19. The van der Waals surface area contributed by atoms with E-state index in [9.17, 15) is 13.5 Å². The van der Waals surface area contributed by atoms with E-state index in [0.29, 0.717) is 12.3 Å². The number of hydrogen-bond donors (Lipinski definition) is 3. The van der Waals surface area contributed by atoms with E-state index in [0.717, 1.165) is 11.1 Å². The van der Waals surface area contributed by atoms with Crippen molar-refractivity contribution in [2.75, 3.05) is 12.3 Å². The molecule has 0 fully saturated rings. The molecule has 0 radical (unpaired) electrons. The van der Waals surface area contributed by atoms with Gasteiger partial charge >= 0.3 is 0 Å². The molecule has 0 saturated carbocycles. The van der Waals surface area contributed by atoms with Gasteiger partial charge in [-0.25, -0.2) is 13.1 Å². The van der Waals surface area contributed by atoms with E-state index in [-0.39, 0.29) is 17.1 Å². The Bertz CT molecular complexity index is 568. The van der Waals surface area contributed by atoms with Crippen LogP contribution in [0.5, 0.6) is 0 Å². The number of rotatable bonds is 6. The molecule has 0 aromatic heterocycles. The highest BCUT2D eigenvalue weighted by molar-refractivity contribution is 7.89. The Morgan fingerprint density at radius 1 is 1.25 bits per heavy atom. The van der Waals surface area contributed by atoms with Crippen LogP contribution in [0.1, 0.15) is 31.4 Å². The number of benzene rings is 1. The van der Waals surface area contributed by atoms with Gasteiger partial charge in [0.1, 0.15) is 4.90 Å². The number of aliphatic hydroxyl groups excluding tert-OH is 1. The van der Waals surface area contributed by atoms with E-state index in [4.69, 9.17) is 5.73 Å². The fourth-order valence-electron chi connectivity index (χ4n) is 1.96. The zero-order chi connectivity index (χ0) is 15.5. The minimum absolute atomic E-state index is 0.00707. The van der Waals surface area contributed by atoms with E-state index >= 15 is 0 Å². The van der Waals surface area contributed by atoms with Crippen molar-refractivity contribution in [3.8, 4) is 0 Å². The van der Waals surface area contributed by atoms with Crippen LogP contribution in [0.25, 0.3) is 0 Å². The molecule has 0 bridgehead atoms. The van der Waals surface area contributed by atoms with Crippen molar-refractivity contribution in [1.82, 2.24) is 4.72 Å². The molecule has 20 heavy (non-hydrogen) atoms. The van der Waals surface area contributed by atoms with E-state index in [1.54, 1.807) is 12.1 Å². The zero-order valence-electron chi connectivity index (χ0n) is 12.5. The summed E-state index contributed by atoms with van der Waals surface area (Å²) in [4.78, 5) is 0.0670. The molecule has 4 N–H and O–H groups in total. The first kappa shape index (κ1) is 16.9. The molecule has 1 atom stereocenters. The van der Waals surface area contributed by atoms with Crippen molar-refractivity contribution in [3.63, 3.8) is 0 Å². The Kier molecular flexibility index (Phi) is 5.56. The highest BCUT2D eigenvalue weighted by atomic mass is 32.2. The fourth-order valence-corrected chi connectivity index (χ4v) is 3.22. The molecule has 1 rings (SSSR count). The molecular formula is C14H24N2O3S. The topological polar surface area (TPSA) is 92.4 Å². The molecule has 0 amide bonds. The Morgan fingerprint density at radius 2 is 1.80 bits per heavy atom. The molecular weight excluding hydrogens is 276 g/mol. The second-order valence-corrected chi connectivity index (χ2v) is 7.34. The van der Waals surface area contributed by atoms with Gasteiger partial charge in [0.15, 0.2) is 0 Å². The van der Waals surface area contributed by atoms with Crippen LogP contribution in [0, 0.1) is 19.8 Å². The van der Waals surface area contributed by atoms with E-state index in [1.165, 1.54) is 0 Å². The third-order valence-electron chi connectivity index (χ3n) is 3.17. The molecule has 0 saturated heterocycles. The van der Waals surface area contributed by atoms with Crippen molar-refractivity contribution >= 4 is 15.7 Å². The summed E-state index contributed by atoms with van der Waals surface area (Å²) in [7, 11) is -3.70. The Morgan fingerprint density at radius 3 is 2.35 bits per heavy atom. The highest BCUT2D eigenvalue weighted by Crippen LogP contribution is 2.22.